The molecule has 0 aromatic heterocycles. The summed E-state index contributed by atoms with van der Waals surface area (Å²) < 4.78 is 5.71. The van der Waals surface area contributed by atoms with E-state index in [0.717, 1.165) is 5.56 Å². The van der Waals surface area contributed by atoms with Crippen LogP contribution in [0.2, 0.25) is 0 Å². The third kappa shape index (κ3) is 2.10. The monoisotopic (exact) mass is 322 g/mol. The van der Waals surface area contributed by atoms with Gasteiger partial charge in [-0.1, -0.05) is 30.3 Å². The number of phenolic OH excluding ortho intramolecular Hbond substituents is 4. The molecule has 3 aromatic carbocycles. The molecule has 4 rings (SSSR count). The molecule has 4 N–H and O–H groups in total. The van der Waals surface area contributed by atoms with Crippen molar-refractivity contribution in [3.8, 4) is 34.5 Å². The van der Waals surface area contributed by atoms with Gasteiger partial charge >= 0.3 is 0 Å². The van der Waals surface area contributed by atoms with Gasteiger partial charge in [0.25, 0.3) is 0 Å². The maximum Gasteiger partial charge on any atom is 0.139 e. The fourth-order valence-electron chi connectivity index (χ4n) is 3.19. The van der Waals surface area contributed by atoms with Gasteiger partial charge in [-0.3, -0.25) is 0 Å². The molecule has 0 fully saturated rings. The van der Waals surface area contributed by atoms with Gasteiger partial charge < -0.3 is 25.2 Å². The number of fused-ring (bicyclic) bond motifs is 2. The summed E-state index contributed by atoms with van der Waals surface area (Å²) in [6.45, 7) is 0. The van der Waals surface area contributed by atoms with Gasteiger partial charge in [0.1, 0.15) is 34.5 Å². The molecule has 1 heterocycles. The Balaban J connectivity index is 2.05. The van der Waals surface area contributed by atoms with Crippen molar-refractivity contribution in [2.24, 2.45) is 0 Å². The van der Waals surface area contributed by atoms with Crippen molar-refractivity contribution in [3.05, 3.63) is 71.3 Å². The standard InChI is InChI=1S/C19H14O5/c20-11-6-13(22)18-15(8-11)24-16-9-12(21)7-14(23)19(16)17(18)10-4-2-1-3-5-10/h1-9,17,20-23H. The summed E-state index contributed by atoms with van der Waals surface area (Å²) in [5.41, 5.74) is 1.74. The van der Waals surface area contributed by atoms with Crippen LogP contribution in [0.5, 0.6) is 34.5 Å². The fourth-order valence-corrected chi connectivity index (χ4v) is 3.19. The molecule has 3 aromatic rings. The van der Waals surface area contributed by atoms with Gasteiger partial charge in [0.05, 0.1) is 0 Å². The summed E-state index contributed by atoms with van der Waals surface area (Å²) in [5, 5.41) is 40.2. The van der Waals surface area contributed by atoms with E-state index in [1.807, 2.05) is 30.3 Å². The molecule has 0 spiro atoms. The highest BCUT2D eigenvalue weighted by molar-refractivity contribution is 5.67. The lowest BCUT2D eigenvalue weighted by Gasteiger charge is -2.30. The van der Waals surface area contributed by atoms with Crippen LogP contribution in [0.1, 0.15) is 22.6 Å². The summed E-state index contributed by atoms with van der Waals surface area (Å²) in [6.07, 6.45) is 0. The maximum atomic E-state index is 10.4. The third-order valence-corrected chi connectivity index (χ3v) is 4.14. The first kappa shape index (κ1) is 14.3. The Bertz CT molecular complexity index is 877. The van der Waals surface area contributed by atoms with E-state index >= 15 is 0 Å². The molecule has 0 saturated heterocycles. The minimum atomic E-state index is -0.494. The number of phenols is 4. The quantitative estimate of drug-likeness (QED) is 0.428. The Kier molecular flexibility index (Phi) is 3.03. The van der Waals surface area contributed by atoms with Crippen LogP contribution in [0.15, 0.2) is 54.6 Å². The summed E-state index contributed by atoms with van der Waals surface area (Å²) in [5.74, 6) is -0.463. The predicted molar refractivity (Wildman–Crippen MR) is 87.0 cm³/mol. The SMILES string of the molecule is Oc1cc(O)c2c(c1)Oc1cc(O)cc(O)c1C2c1ccccc1. The van der Waals surface area contributed by atoms with Crippen molar-refractivity contribution in [1.82, 2.24) is 0 Å². The minimum absolute atomic E-state index is 0.128. The number of ether oxygens (including phenoxy) is 1. The first-order chi connectivity index (χ1) is 11.5. The molecular formula is C19H14O5. The lowest BCUT2D eigenvalue weighted by Crippen LogP contribution is -2.12. The van der Waals surface area contributed by atoms with Crippen LogP contribution in [0.25, 0.3) is 0 Å². The zero-order valence-corrected chi connectivity index (χ0v) is 12.5. The van der Waals surface area contributed by atoms with Crippen LogP contribution >= 0.6 is 0 Å². The first-order valence-corrected chi connectivity index (χ1v) is 7.39. The lowest BCUT2D eigenvalue weighted by atomic mass is 9.81. The van der Waals surface area contributed by atoms with Crippen molar-refractivity contribution < 1.29 is 25.2 Å². The number of rotatable bonds is 1. The summed E-state index contributed by atoms with van der Waals surface area (Å²) in [6, 6.07) is 14.6. The lowest BCUT2D eigenvalue weighted by molar-refractivity contribution is 0.393. The van der Waals surface area contributed by atoms with Gasteiger partial charge in [0.2, 0.25) is 0 Å². The zero-order valence-electron chi connectivity index (χ0n) is 12.5. The second-order valence-corrected chi connectivity index (χ2v) is 5.70. The van der Waals surface area contributed by atoms with Gasteiger partial charge in [-0.05, 0) is 5.56 Å². The van der Waals surface area contributed by atoms with Crippen molar-refractivity contribution in [3.63, 3.8) is 0 Å². The summed E-state index contributed by atoms with van der Waals surface area (Å²) in [7, 11) is 0. The molecule has 24 heavy (non-hydrogen) atoms. The fraction of sp³-hybridized carbons (Fsp3) is 0.0526. The van der Waals surface area contributed by atoms with Crippen LogP contribution in [0, 0.1) is 0 Å². The van der Waals surface area contributed by atoms with Gasteiger partial charge in [-0.2, -0.15) is 0 Å². The number of hydrogen-bond acceptors (Lipinski definition) is 5. The normalized spacial score (nSPS) is 13.0. The summed E-state index contributed by atoms with van der Waals surface area (Å²) in [4.78, 5) is 0. The Labute approximate surface area is 137 Å². The molecule has 1 aliphatic rings. The van der Waals surface area contributed by atoms with E-state index in [1.165, 1.54) is 24.3 Å². The Hall–Kier alpha value is -3.34. The van der Waals surface area contributed by atoms with E-state index < -0.39 is 5.92 Å². The van der Waals surface area contributed by atoms with Crippen LogP contribution in [0.3, 0.4) is 0 Å². The van der Waals surface area contributed by atoms with Crippen LogP contribution in [0.4, 0.5) is 0 Å². The van der Waals surface area contributed by atoms with Crippen LogP contribution in [-0.4, -0.2) is 20.4 Å². The molecule has 0 amide bonds. The Morgan fingerprint density at radius 2 is 1.17 bits per heavy atom. The molecule has 0 saturated carbocycles. The Morgan fingerprint density at radius 1 is 0.667 bits per heavy atom. The zero-order chi connectivity index (χ0) is 16.8. The van der Waals surface area contributed by atoms with Crippen molar-refractivity contribution in [1.29, 1.82) is 0 Å². The van der Waals surface area contributed by atoms with Gasteiger partial charge in [-0.25, -0.2) is 0 Å². The third-order valence-electron chi connectivity index (χ3n) is 4.14. The number of aromatic hydroxyl groups is 4. The highest BCUT2D eigenvalue weighted by atomic mass is 16.5. The van der Waals surface area contributed by atoms with Crippen molar-refractivity contribution >= 4 is 0 Å². The minimum Gasteiger partial charge on any atom is -0.508 e. The Morgan fingerprint density at radius 3 is 1.67 bits per heavy atom. The van der Waals surface area contributed by atoms with E-state index in [-0.39, 0.29) is 34.5 Å². The molecule has 0 bridgehead atoms. The van der Waals surface area contributed by atoms with E-state index in [4.69, 9.17) is 4.74 Å². The molecule has 5 nitrogen and oxygen atoms in total. The van der Waals surface area contributed by atoms with Crippen molar-refractivity contribution in [2.45, 2.75) is 5.92 Å². The molecular weight excluding hydrogens is 308 g/mol. The van der Waals surface area contributed by atoms with Crippen molar-refractivity contribution in [2.75, 3.05) is 0 Å². The predicted octanol–water partition coefficient (Wildman–Crippen LogP) is 3.79. The molecule has 0 radical (unpaired) electrons. The second kappa shape index (κ2) is 5.09. The molecule has 0 aliphatic carbocycles. The second-order valence-electron chi connectivity index (χ2n) is 5.70. The largest absolute Gasteiger partial charge is 0.508 e. The van der Waals surface area contributed by atoms with E-state index in [2.05, 4.69) is 0 Å². The number of hydrogen-bond donors (Lipinski definition) is 4. The van der Waals surface area contributed by atoms with E-state index in [1.54, 1.807) is 0 Å². The molecule has 120 valence electrons. The molecule has 1 aliphatic heterocycles. The maximum absolute atomic E-state index is 10.4. The summed E-state index contributed by atoms with van der Waals surface area (Å²) >= 11 is 0. The van der Waals surface area contributed by atoms with E-state index in [9.17, 15) is 20.4 Å². The molecule has 0 unspecified atom stereocenters. The van der Waals surface area contributed by atoms with Crippen LogP contribution in [-0.2, 0) is 0 Å². The number of benzene rings is 3. The van der Waals surface area contributed by atoms with Gasteiger partial charge in [0, 0.05) is 41.3 Å². The highest BCUT2D eigenvalue weighted by Crippen LogP contribution is 2.55. The van der Waals surface area contributed by atoms with Gasteiger partial charge in [-0.15, -0.1) is 0 Å². The molecule has 5 heteroatoms. The first-order valence-electron chi connectivity index (χ1n) is 7.39. The van der Waals surface area contributed by atoms with E-state index in [0.29, 0.717) is 11.1 Å². The average molecular weight is 322 g/mol. The average Bonchev–Trinajstić information content (AvgIpc) is 2.53. The van der Waals surface area contributed by atoms with Gasteiger partial charge in [0.15, 0.2) is 0 Å². The molecule has 0 atom stereocenters. The topological polar surface area (TPSA) is 90.2 Å². The highest BCUT2D eigenvalue weighted by Gasteiger charge is 2.34. The smallest absolute Gasteiger partial charge is 0.139 e. The van der Waals surface area contributed by atoms with Crippen LogP contribution < -0.4 is 4.74 Å².